The van der Waals surface area contributed by atoms with Crippen LogP contribution in [0.25, 0.3) is 0 Å². The van der Waals surface area contributed by atoms with Crippen molar-refractivity contribution in [1.82, 2.24) is 4.98 Å². The second-order valence-electron chi connectivity index (χ2n) is 4.12. The largest absolute Gasteiger partial charge is 0.292 e. The average molecular weight is 304 g/mol. The molecule has 0 aliphatic heterocycles. The highest BCUT2D eigenvalue weighted by molar-refractivity contribution is 9.10. The summed E-state index contributed by atoms with van der Waals surface area (Å²) in [5.41, 5.74) is 1.82. The second kappa shape index (κ2) is 6.45. The van der Waals surface area contributed by atoms with Crippen LogP contribution in [-0.2, 0) is 6.42 Å². The zero-order valence-electron chi connectivity index (χ0n) is 9.97. The third kappa shape index (κ3) is 3.77. The molecular weight excluding hydrogens is 290 g/mol. The molecule has 0 fully saturated rings. The van der Waals surface area contributed by atoms with E-state index >= 15 is 0 Å². The lowest BCUT2D eigenvalue weighted by atomic mass is 10.1. The van der Waals surface area contributed by atoms with Gasteiger partial charge in [-0.2, -0.15) is 0 Å². The number of ketones is 1. The van der Waals surface area contributed by atoms with E-state index in [0.717, 1.165) is 17.3 Å². The van der Waals surface area contributed by atoms with Gasteiger partial charge >= 0.3 is 0 Å². The third-order valence-electron chi connectivity index (χ3n) is 2.73. The van der Waals surface area contributed by atoms with Gasteiger partial charge in [-0.1, -0.05) is 30.3 Å². The number of nitrogens with zero attached hydrogens (tertiary/aromatic N) is 1. The average Bonchev–Trinajstić information content (AvgIpc) is 2.40. The molecule has 0 bridgehead atoms. The van der Waals surface area contributed by atoms with Crippen LogP contribution in [0.3, 0.4) is 0 Å². The van der Waals surface area contributed by atoms with E-state index in [2.05, 4.69) is 33.0 Å². The first-order chi connectivity index (χ1) is 8.75. The second-order valence-corrected chi connectivity index (χ2v) is 5.04. The quantitative estimate of drug-likeness (QED) is 0.780. The monoisotopic (exact) mass is 303 g/mol. The molecule has 1 aromatic heterocycles. The first-order valence-corrected chi connectivity index (χ1v) is 6.74. The number of pyridine rings is 1. The molecule has 0 spiro atoms. The van der Waals surface area contributed by atoms with Crippen LogP contribution in [0, 0.1) is 0 Å². The minimum atomic E-state index is 0.110. The molecule has 3 heteroatoms. The van der Waals surface area contributed by atoms with Crippen LogP contribution in [0.4, 0.5) is 0 Å². The van der Waals surface area contributed by atoms with Crippen LogP contribution >= 0.6 is 15.9 Å². The maximum Gasteiger partial charge on any atom is 0.181 e. The number of aromatic nitrogens is 1. The van der Waals surface area contributed by atoms with Crippen molar-refractivity contribution < 1.29 is 4.79 Å². The Balaban J connectivity index is 1.84. The van der Waals surface area contributed by atoms with E-state index in [-0.39, 0.29) is 5.78 Å². The van der Waals surface area contributed by atoms with Crippen LogP contribution in [0.5, 0.6) is 0 Å². The van der Waals surface area contributed by atoms with Gasteiger partial charge < -0.3 is 0 Å². The van der Waals surface area contributed by atoms with Gasteiger partial charge in [0, 0.05) is 17.1 Å². The highest BCUT2D eigenvalue weighted by Gasteiger charge is 2.06. The zero-order chi connectivity index (χ0) is 12.8. The van der Waals surface area contributed by atoms with Crippen LogP contribution in [0.1, 0.15) is 28.9 Å². The lowest BCUT2D eigenvalue weighted by molar-refractivity contribution is 0.0975. The van der Waals surface area contributed by atoms with Crippen molar-refractivity contribution in [3.05, 3.63) is 64.4 Å². The Labute approximate surface area is 115 Å². The smallest absolute Gasteiger partial charge is 0.181 e. The van der Waals surface area contributed by atoms with Crippen molar-refractivity contribution in [2.24, 2.45) is 0 Å². The normalized spacial score (nSPS) is 10.3. The molecule has 0 amide bonds. The topological polar surface area (TPSA) is 30.0 Å². The van der Waals surface area contributed by atoms with E-state index in [1.165, 1.54) is 5.56 Å². The van der Waals surface area contributed by atoms with Gasteiger partial charge in [0.05, 0.1) is 0 Å². The zero-order valence-corrected chi connectivity index (χ0v) is 11.6. The van der Waals surface area contributed by atoms with Gasteiger partial charge in [0.1, 0.15) is 5.69 Å². The summed E-state index contributed by atoms with van der Waals surface area (Å²) in [6.07, 6.45) is 4.00. The van der Waals surface area contributed by atoms with E-state index in [1.807, 2.05) is 24.3 Å². The molecule has 0 unspecified atom stereocenters. The van der Waals surface area contributed by atoms with Crippen LogP contribution in [0.2, 0.25) is 0 Å². The summed E-state index contributed by atoms with van der Waals surface area (Å²) >= 11 is 3.30. The van der Waals surface area contributed by atoms with Crippen LogP contribution in [-0.4, -0.2) is 10.8 Å². The number of carbonyl (C=O) groups is 1. The molecule has 2 aromatic rings. The number of Topliss-reactive ketones (excluding diaryl/α,β-unsaturated/α-hetero) is 1. The van der Waals surface area contributed by atoms with Crippen molar-refractivity contribution >= 4 is 21.7 Å². The number of benzene rings is 1. The predicted octanol–water partition coefficient (Wildman–Crippen LogP) is 4.05. The van der Waals surface area contributed by atoms with Crippen LogP contribution < -0.4 is 0 Å². The van der Waals surface area contributed by atoms with Crippen molar-refractivity contribution in [1.29, 1.82) is 0 Å². The fourth-order valence-corrected chi connectivity index (χ4v) is 2.00. The molecule has 18 heavy (non-hydrogen) atoms. The van der Waals surface area contributed by atoms with Crippen molar-refractivity contribution in [2.75, 3.05) is 0 Å². The number of rotatable bonds is 5. The van der Waals surface area contributed by atoms with E-state index < -0.39 is 0 Å². The fourth-order valence-electron chi connectivity index (χ4n) is 1.77. The highest BCUT2D eigenvalue weighted by Crippen LogP contribution is 2.11. The number of hydrogen-bond donors (Lipinski definition) is 0. The van der Waals surface area contributed by atoms with E-state index in [9.17, 15) is 4.79 Å². The van der Waals surface area contributed by atoms with Gasteiger partial charge in [0.25, 0.3) is 0 Å². The highest BCUT2D eigenvalue weighted by atomic mass is 79.9. The molecule has 0 saturated heterocycles. The predicted molar refractivity (Wildman–Crippen MR) is 75.6 cm³/mol. The molecule has 0 saturated carbocycles. The number of aryl methyl sites for hydroxylation is 1. The van der Waals surface area contributed by atoms with E-state index in [0.29, 0.717) is 12.1 Å². The minimum Gasteiger partial charge on any atom is -0.292 e. The molecule has 0 N–H and O–H groups in total. The maximum absolute atomic E-state index is 11.9. The molecule has 1 aromatic carbocycles. The number of hydrogen-bond acceptors (Lipinski definition) is 2. The maximum atomic E-state index is 11.9. The molecule has 2 nitrogen and oxygen atoms in total. The molecule has 0 atom stereocenters. The molecule has 0 aliphatic carbocycles. The van der Waals surface area contributed by atoms with Gasteiger partial charge in [-0.15, -0.1) is 0 Å². The Morgan fingerprint density at radius 1 is 1.11 bits per heavy atom. The summed E-state index contributed by atoms with van der Waals surface area (Å²) in [5, 5.41) is 0. The van der Waals surface area contributed by atoms with E-state index in [1.54, 1.807) is 12.3 Å². The summed E-state index contributed by atoms with van der Waals surface area (Å²) in [5.74, 6) is 0.110. The van der Waals surface area contributed by atoms with E-state index in [4.69, 9.17) is 0 Å². The van der Waals surface area contributed by atoms with Crippen molar-refractivity contribution in [3.63, 3.8) is 0 Å². The van der Waals surface area contributed by atoms with Gasteiger partial charge in [-0.3, -0.25) is 9.78 Å². The summed E-state index contributed by atoms with van der Waals surface area (Å²) in [6.45, 7) is 0. The Morgan fingerprint density at radius 3 is 2.56 bits per heavy atom. The van der Waals surface area contributed by atoms with Gasteiger partial charge in [-0.05, 0) is 46.5 Å². The summed E-state index contributed by atoms with van der Waals surface area (Å²) in [4.78, 5) is 16.0. The SMILES string of the molecule is O=C(CCCc1ccccc1)c1ccc(Br)cn1. The molecule has 92 valence electrons. The summed E-state index contributed by atoms with van der Waals surface area (Å²) < 4.78 is 0.892. The molecule has 0 radical (unpaired) electrons. The lowest BCUT2D eigenvalue weighted by Gasteiger charge is -2.01. The van der Waals surface area contributed by atoms with Crippen molar-refractivity contribution in [3.8, 4) is 0 Å². The fraction of sp³-hybridized carbons (Fsp3) is 0.200. The molecule has 0 aliphatic rings. The molecule has 2 rings (SSSR count). The Hall–Kier alpha value is -1.48. The lowest BCUT2D eigenvalue weighted by Crippen LogP contribution is -2.02. The summed E-state index contributed by atoms with van der Waals surface area (Å²) in [6, 6.07) is 13.8. The number of carbonyl (C=O) groups excluding carboxylic acids is 1. The Bertz CT molecular complexity index is 508. The van der Waals surface area contributed by atoms with Crippen LogP contribution in [0.15, 0.2) is 53.1 Å². The standard InChI is InChI=1S/C15H14BrNO/c16-13-9-10-14(17-11-13)15(18)8-4-7-12-5-2-1-3-6-12/h1-3,5-6,9-11H,4,7-8H2. The van der Waals surface area contributed by atoms with Gasteiger partial charge in [0.15, 0.2) is 5.78 Å². The molecule has 1 heterocycles. The number of halogens is 1. The van der Waals surface area contributed by atoms with Gasteiger partial charge in [0.2, 0.25) is 0 Å². The minimum absolute atomic E-state index is 0.110. The third-order valence-corrected chi connectivity index (χ3v) is 3.19. The first-order valence-electron chi connectivity index (χ1n) is 5.94. The Kier molecular flexibility index (Phi) is 4.65. The molecular formula is C15H14BrNO. The summed E-state index contributed by atoms with van der Waals surface area (Å²) in [7, 11) is 0. The van der Waals surface area contributed by atoms with Gasteiger partial charge in [-0.25, -0.2) is 0 Å². The first kappa shape index (κ1) is 13.0. The Morgan fingerprint density at radius 2 is 1.89 bits per heavy atom. The van der Waals surface area contributed by atoms with Crippen molar-refractivity contribution in [2.45, 2.75) is 19.3 Å².